The first-order valence-electron chi connectivity index (χ1n) is 6.57. The van der Waals surface area contributed by atoms with Gasteiger partial charge in [0, 0.05) is 18.6 Å². The van der Waals surface area contributed by atoms with Gasteiger partial charge in [0.2, 0.25) is 0 Å². The van der Waals surface area contributed by atoms with E-state index >= 15 is 0 Å². The van der Waals surface area contributed by atoms with Crippen LogP contribution in [-0.2, 0) is 9.47 Å². The largest absolute Gasteiger partial charge is 0.378 e. The lowest BCUT2D eigenvalue weighted by atomic mass is 10.2. The van der Waals surface area contributed by atoms with Crippen molar-refractivity contribution in [3.63, 3.8) is 0 Å². The van der Waals surface area contributed by atoms with Crippen LogP contribution in [0.3, 0.4) is 0 Å². The molecule has 3 nitrogen and oxygen atoms in total. The summed E-state index contributed by atoms with van der Waals surface area (Å²) < 4.78 is 24.9. The van der Waals surface area contributed by atoms with Gasteiger partial charge in [-0.2, -0.15) is 0 Å². The van der Waals surface area contributed by atoms with Crippen molar-refractivity contribution in [2.45, 2.75) is 57.5 Å². The normalized spacial score (nSPS) is 31.8. The van der Waals surface area contributed by atoms with Crippen LogP contribution in [0.2, 0.25) is 0 Å². The van der Waals surface area contributed by atoms with Gasteiger partial charge < -0.3 is 9.47 Å². The number of halogens is 1. The molecular weight excluding hydrogens is 221 g/mol. The number of hydrogen-bond acceptors (Lipinski definition) is 3. The summed E-state index contributed by atoms with van der Waals surface area (Å²) in [5.41, 5.74) is -0.256. The van der Waals surface area contributed by atoms with E-state index in [1.165, 1.54) is 0 Å². The Labute approximate surface area is 103 Å². The molecule has 0 aliphatic carbocycles. The Hall–Kier alpha value is -0.190. The maximum atomic E-state index is 13.9. The van der Waals surface area contributed by atoms with Crippen molar-refractivity contribution in [2.24, 2.45) is 0 Å². The molecule has 2 bridgehead atoms. The summed E-state index contributed by atoms with van der Waals surface area (Å²) >= 11 is 0. The van der Waals surface area contributed by atoms with Gasteiger partial charge in [-0.1, -0.05) is 0 Å². The predicted molar refractivity (Wildman–Crippen MR) is 64.9 cm³/mol. The Morgan fingerprint density at radius 2 is 1.88 bits per heavy atom. The molecule has 0 amide bonds. The number of nitrogens with zero attached hydrogens (tertiary/aromatic N) is 1. The van der Waals surface area contributed by atoms with Crippen molar-refractivity contribution in [2.75, 3.05) is 26.4 Å². The van der Waals surface area contributed by atoms with E-state index in [1.807, 2.05) is 20.8 Å². The predicted octanol–water partition coefficient (Wildman–Crippen LogP) is 2.00. The summed E-state index contributed by atoms with van der Waals surface area (Å²) in [4.78, 5) is 2.28. The highest BCUT2D eigenvalue weighted by Gasteiger charge is 2.38. The minimum Gasteiger partial charge on any atom is -0.378 e. The van der Waals surface area contributed by atoms with E-state index < -0.39 is 6.17 Å². The molecule has 0 saturated carbocycles. The third kappa shape index (κ3) is 3.63. The summed E-state index contributed by atoms with van der Waals surface area (Å²) in [6, 6.07) is 0.864. The summed E-state index contributed by atoms with van der Waals surface area (Å²) in [5.74, 6) is 0. The van der Waals surface area contributed by atoms with Gasteiger partial charge in [0.05, 0.1) is 25.4 Å². The van der Waals surface area contributed by atoms with Crippen molar-refractivity contribution in [1.82, 2.24) is 4.90 Å². The lowest BCUT2D eigenvalue weighted by Gasteiger charge is -2.35. The maximum Gasteiger partial charge on any atom is 0.136 e. The van der Waals surface area contributed by atoms with E-state index in [0.717, 1.165) is 26.1 Å². The SMILES string of the molecule is CC(C)(C)OCC(F)CN1C2CCC1COC2. The van der Waals surface area contributed by atoms with E-state index in [2.05, 4.69) is 4.90 Å². The molecule has 2 aliphatic heterocycles. The van der Waals surface area contributed by atoms with Gasteiger partial charge >= 0.3 is 0 Å². The lowest BCUT2D eigenvalue weighted by Crippen LogP contribution is -2.49. The summed E-state index contributed by atoms with van der Waals surface area (Å²) in [7, 11) is 0. The van der Waals surface area contributed by atoms with Crippen molar-refractivity contribution in [3.8, 4) is 0 Å². The summed E-state index contributed by atoms with van der Waals surface area (Å²) in [6.07, 6.45) is 1.41. The number of rotatable bonds is 4. The quantitative estimate of drug-likeness (QED) is 0.756. The minimum atomic E-state index is -0.893. The van der Waals surface area contributed by atoms with Crippen LogP contribution in [0.1, 0.15) is 33.6 Å². The second kappa shape index (κ2) is 5.21. The maximum absolute atomic E-state index is 13.9. The zero-order chi connectivity index (χ0) is 12.5. The second-order valence-electron chi connectivity index (χ2n) is 6.14. The fourth-order valence-electron chi connectivity index (χ4n) is 2.63. The number of alkyl halides is 1. The molecule has 0 aromatic heterocycles. The highest BCUT2D eigenvalue weighted by atomic mass is 19.1. The molecule has 2 rings (SSSR count). The van der Waals surface area contributed by atoms with Gasteiger partial charge in [0.15, 0.2) is 0 Å². The third-order valence-corrected chi connectivity index (χ3v) is 3.50. The van der Waals surface area contributed by atoms with E-state index in [9.17, 15) is 4.39 Å². The topological polar surface area (TPSA) is 21.7 Å². The van der Waals surface area contributed by atoms with E-state index in [-0.39, 0.29) is 12.2 Å². The van der Waals surface area contributed by atoms with Crippen molar-refractivity contribution in [1.29, 1.82) is 0 Å². The molecule has 0 aromatic carbocycles. The molecule has 3 atom stereocenters. The average molecular weight is 245 g/mol. The molecule has 17 heavy (non-hydrogen) atoms. The highest BCUT2D eigenvalue weighted by molar-refractivity contribution is 4.91. The van der Waals surface area contributed by atoms with Gasteiger partial charge in [-0.3, -0.25) is 4.90 Å². The second-order valence-corrected chi connectivity index (χ2v) is 6.14. The molecule has 0 N–H and O–H groups in total. The fourth-order valence-corrected chi connectivity index (χ4v) is 2.63. The molecule has 0 aromatic rings. The first-order valence-corrected chi connectivity index (χ1v) is 6.57. The lowest BCUT2D eigenvalue weighted by molar-refractivity contribution is -0.0574. The van der Waals surface area contributed by atoms with Crippen LogP contribution >= 0.6 is 0 Å². The molecule has 2 fully saturated rings. The Balaban J connectivity index is 1.77. The van der Waals surface area contributed by atoms with E-state index in [0.29, 0.717) is 18.6 Å². The van der Waals surface area contributed by atoms with Gasteiger partial charge in [0.1, 0.15) is 6.17 Å². The Morgan fingerprint density at radius 1 is 1.29 bits per heavy atom. The van der Waals surface area contributed by atoms with Gasteiger partial charge in [-0.05, 0) is 33.6 Å². The minimum absolute atomic E-state index is 0.195. The summed E-state index contributed by atoms with van der Waals surface area (Å²) in [5, 5.41) is 0. The van der Waals surface area contributed by atoms with Crippen LogP contribution in [0, 0.1) is 0 Å². The van der Waals surface area contributed by atoms with Crippen LogP contribution in [0.4, 0.5) is 4.39 Å². The monoisotopic (exact) mass is 245 g/mol. The van der Waals surface area contributed by atoms with Crippen LogP contribution < -0.4 is 0 Å². The Kier molecular flexibility index (Phi) is 4.06. The average Bonchev–Trinajstić information content (AvgIpc) is 2.49. The standard InChI is InChI=1S/C13H24FNO2/c1-13(2,3)17-7-10(14)6-15-11-4-5-12(15)9-16-8-11/h10-12H,4-9H2,1-3H3. The molecule has 0 spiro atoms. The first-order chi connectivity index (χ1) is 7.96. The molecule has 0 radical (unpaired) electrons. The van der Waals surface area contributed by atoms with Crippen LogP contribution in [0.25, 0.3) is 0 Å². The number of hydrogen-bond donors (Lipinski definition) is 0. The summed E-state index contributed by atoms with van der Waals surface area (Å²) in [6.45, 7) is 8.09. The molecule has 2 aliphatic rings. The van der Waals surface area contributed by atoms with Crippen molar-refractivity contribution < 1.29 is 13.9 Å². The molecule has 2 heterocycles. The van der Waals surface area contributed by atoms with E-state index in [4.69, 9.17) is 9.47 Å². The van der Waals surface area contributed by atoms with Gasteiger partial charge in [-0.15, -0.1) is 0 Å². The third-order valence-electron chi connectivity index (χ3n) is 3.50. The zero-order valence-electron chi connectivity index (χ0n) is 11.1. The van der Waals surface area contributed by atoms with Gasteiger partial charge in [-0.25, -0.2) is 4.39 Å². The number of morpholine rings is 1. The van der Waals surface area contributed by atoms with Crippen LogP contribution in [0.5, 0.6) is 0 Å². The Morgan fingerprint density at radius 3 is 2.41 bits per heavy atom. The van der Waals surface area contributed by atoms with Crippen LogP contribution in [-0.4, -0.2) is 55.1 Å². The smallest absolute Gasteiger partial charge is 0.136 e. The highest BCUT2D eigenvalue weighted by Crippen LogP contribution is 2.29. The molecular formula is C13H24FNO2. The van der Waals surface area contributed by atoms with E-state index in [1.54, 1.807) is 0 Å². The molecule has 4 heteroatoms. The fraction of sp³-hybridized carbons (Fsp3) is 1.00. The van der Waals surface area contributed by atoms with Crippen LogP contribution in [0.15, 0.2) is 0 Å². The van der Waals surface area contributed by atoms with Crippen molar-refractivity contribution >= 4 is 0 Å². The Bertz CT molecular complexity index is 238. The zero-order valence-corrected chi connectivity index (χ0v) is 11.1. The molecule has 100 valence electrons. The van der Waals surface area contributed by atoms with Gasteiger partial charge in [0.25, 0.3) is 0 Å². The number of ether oxygens (including phenoxy) is 2. The first kappa shape index (κ1) is 13.2. The number of fused-ring (bicyclic) bond motifs is 2. The molecule has 2 saturated heterocycles. The van der Waals surface area contributed by atoms with Crippen molar-refractivity contribution in [3.05, 3.63) is 0 Å². The molecule has 3 unspecified atom stereocenters.